The van der Waals surface area contributed by atoms with Gasteiger partial charge < -0.3 is 9.64 Å². The summed E-state index contributed by atoms with van der Waals surface area (Å²) < 4.78 is 32.6. The summed E-state index contributed by atoms with van der Waals surface area (Å²) in [7, 11) is -3.82. The second kappa shape index (κ2) is 11.7. The molecule has 0 unspecified atom stereocenters. The molecule has 0 atom stereocenters. The normalized spacial score (nSPS) is 13.9. The van der Waals surface area contributed by atoms with Crippen molar-refractivity contribution in [3.05, 3.63) is 101 Å². The lowest BCUT2D eigenvalue weighted by molar-refractivity contribution is -0.135. The number of carbonyl (C=O) groups excluding carboxylic acids is 2. The Labute approximate surface area is 216 Å². The van der Waals surface area contributed by atoms with E-state index in [1.54, 1.807) is 4.90 Å². The fourth-order valence-electron chi connectivity index (χ4n) is 4.04. The predicted octanol–water partition coefficient (Wildman–Crippen LogP) is 4.51. The van der Waals surface area contributed by atoms with Crippen molar-refractivity contribution in [3.63, 3.8) is 0 Å². The van der Waals surface area contributed by atoms with Crippen molar-refractivity contribution in [2.24, 2.45) is 0 Å². The molecule has 0 spiro atoms. The molecule has 0 bridgehead atoms. The van der Waals surface area contributed by atoms with E-state index in [1.807, 2.05) is 60.7 Å². The van der Waals surface area contributed by atoms with E-state index in [1.165, 1.54) is 22.5 Å². The molecule has 3 aromatic rings. The van der Waals surface area contributed by atoms with Crippen LogP contribution in [-0.4, -0.2) is 49.2 Å². The highest BCUT2D eigenvalue weighted by molar-refractivity contribution is 7.89. The van der Waals surface area contributed by atoms with Crippen LogP contribution in [0, 0.1) is 0 Å². The van der Waals surface area contributed by atoms with Gasteiger partial charge in [0.15, 0.2) is 6.61 Å². The van der Waals surface area contributed by atoms with E-state index in [0.717, 1.165) is 24.0 Å². The quantitative estimate of drug-likeness (QED) is 0.383. The zero-order valence-corrected chi connectivity index (χ0v) is 21.2. The number of ether oxygens (including phenoxy) is 1. The number of rotatable bonds is 9. The first-order valence-electron chi connectivity index (χ1n) is 11.7. The minimum absolute atomic E-state index is 0.0163. The molecular weight excluding hydrogens is 500 g/mol. The van der Waals surface area contributed by atoms with Gasteiger partial charge in [0.25, 0.3) is 5.91 Å². The van der Waals surface area contributed by atoms with Crippen molar-refractivity contribution < 1.29 is 22.7 Å². The molecule has 36 heavy (non-hydrogen) atoms. The third kappa shape index (κ3) is 6.32. The van der Waals surface area contributed by atoms with Gasteiger partial charge in [-0.3, -0.25) is 4.79 Å². The predicted molar refractivity (Wildman–Crippen MR) is 137 cm³/mol. The lowest BCUT2D eigenvalue weighted by atomic mass is 10.1. The highest BCUT2D eigenvalue weighted by atomic mass is 35.5. The second-order valence-corrected chi connectivity index (χ2v) is 10.9. The Morgan fingerprint density at radius 3 is 1.97 bits per heavy atom. The first-order valence-corrected chi connectivity index (χ1v) is 13.5. The molecule has 0 aromatic heterocycles. The number of esters is 1. The first kappa shape index (κ1) is 25.9. The smallest absolute Gasteiger partial charge is 0.338 e. The van der Waals surface area contributed by atoms with Gasteiger partial charge in [0.2, 0.25) is 10.0 Å². The monoisotopic (exact) mass is 526 g/mol. The molecule has 1 heterocycles. The molecular formula is C27H27ClN2O5S. The largest absolute Gasteiger partial charge is 0.452 e. The van der Waals surface area contributed by atoms with Gasteiger partial charge in [-0.1, -0.05) is 72.3 Å². The molecule has 0 aliphatic carbocycles. The van der Waals surface area contributed by atoms with E-state index in [9.17, 15) is 18.0 Å². The number of carbonyl (C=O) groups is 2. The Morgan fingerprint density at radius 2 is 1.42 bits per heavy atom. The molecule has 3 aromatic carbocycles. The standard InChI is InChI=1S/C27H27ClN2O5S/c28-24-14-13-23(17-25(24)36(33,34)30-15-7-8-16-30)27(32)35-20-26(31)29(18-21-9-3-1-4-10-21)19-22-11-5-2-6-12-22/h1-6,9-14,17H,7-8,15-16,18-20H2. The van der Waals surface area contributed by atoms with Crippen LogP contribution in [0.2, 0.25) is 5.02 Å². The number of halogens is 1. The Morgan fingerprint density at radius 1 is 0.861 bits per heavy atom. The third-order valence-electron chi connectivity index (χ3n) is 5.96. The van der Waals surface area contributed by atoms with Crippen molar-refractivity contribution >= 4 is 33.5 Å². The van der Waals surface area contributed by atoms with Crippen LogP contribution in [0.25, 0.3) is 0 Å². The van der Waals surface area contributed by atoms with Gasteiger partial charge in [0.1, 0.15) is 4.90 Å². The van der Waals surface area contributed by atoms with Crippen LogP contribution in [0.1, 0.15) is 34.3 Å². The lowest BCUT2D eigenvalue weighted by Gasteiger charge is -2.23. The molecule has 4 rings (SSSR count). The number of benzene rings is 3. The van der Waals surface area contributed by atoms with Crippen LogP contribution in [0.3, 0.4) is 0 Å². The van der Waals surface area contributed by atoms with E-state index in [0.29, 0.717) is 26.2 Å². The Kier molecular flexibility index (Phi) is 8.40. The van der Waals surface area contributed by atoms with Gasteiger partial charge in [-0.2, -0.15) is 4.31 Å². The van der Waals surface area contributed by atoms with E-state index in [-0.39, 0.29) is 21.4 Å². The van der Waals surface area contributed by atoms with Crippen LogP contribution in [0.15, 0.2) is 83.8 Å². The van der Waals surface area contributed by atoms with Crippen molar-refractivity contribution in [3.8, 4) is 0 Å². The summed E-state index contributed by atoms with van der Waals surface area (Å²) in [4.78, 5) is 27.3. The molecule has 0 saturated carbocycles. The van der Waals surface area contributed by atoms with Crippen LogP contribution in [-0.2, 0) is 32.6 Å². The highest BCUT2D eigenvalue weighted by Crippen LogP contribution is 2.28. The van der Waals surface area contributed by atoms with E-state index >= 15 is 0 Å². The summed E-state index contributed by atoms with van der Waals surface area (Å²) in [5.41, 5.74) is 1.91. The molecule has 188 valence electrons. The SMILES string of the molecule is O=C(OCC(=O)N(Cc1ccccc1)Cc1ccccc1)c1ccc(Cl)c(S(=O)(=O)N2CCCC2)c1. The summed E-state index contributed by atoms with van der Waals surface area (Å²) in [6, 6.07) is 23.1. The van der Waals surface area contributed by atoms with Crippen LogP contribution >= 0.6 is 11.6 Å². The number of hydrogen-bond acceptors (Lipinski definition) is 5. The molecule has 1 amide bonds. The van der Waals surface area contributed by atoms with Crippen molar-refractivity contribution in [1.29, 1.82) is 0 Å². The molecule has 9 heteroatoms. The molecule has 7 nitrogen and oxygen atoms in total. The first-order chi connectivity index (χ1) is 17.3. The number of sulfonamides is 1. The fraction of sp³-hybridized carbons (Fsp3) is 0.259. The van der Waals surface area contributed by atoms with Crippen molar-refractivity contribution in [1.82, 2.24) is 9.21 Å². The van der Waals surface area contributed by atoms with Crippen LogP contribution in [0.5, 0.6) is 0 Å². The second-order valence-electron chi connectivity index (χ2n) is 8.55. The Balaban J connectivity index is 1.46. The summed E-state index contributed by atoms with van der Waals surface area (Å²) >= 11 is 6.17. The maximum atomic E-state index is 13.1. The number of amides is 1. The maximum absolute atomic E-state index is 13.1. The zero-order chi connectivity index (χ0) is 25.5. The Bertz CT molecular complexity index is 1270. The fourth-order valence-corrected chi connectivity index (χ4v) is 6.05. The number of nitrogens with zero attached hydrogens (tertiary/aromatic N) is 2. The Hall–Kier alpha value is -3.20. The summed E-state index contributed by atoms with van der Waals surface area (Å²) in [6.07, 6.45) is 1.56. The van der Waals surface area contributed by atoms with Gasteiger partial charge in [0.05, 0.1) is 10.6 Å². The zero-order valence-electron chi connectivity index (χ0n) is 19.7. The van der Waals surface area contributed by atoms with Gasteiger partial charge in [-0.25, -0.2) is 13.2 Å². The summed E-state index contributed by atoms with van der Waals surface area (Å²) in [5, 5.41) is 0.0337. The maximum Gasteiger partial charge on any atom is 0.338 e. The van der Waals surface area contributed by atoms with E-state index in [2.05, 4.69) is 0 Å². The van der Waals surface area contributed by atoms with Crippen LogP contribution < -0.4 is 0 Å². The number of hydrogen-bond donors (Lipinski definition) is 0. The van der Waals surface area contributed by atoms with Gasteiger partial charge in [-0.05, 0) is 42.2 Å². The average molecular weight is 527 g/mol. The van der Waals surface area contributed by atoms with Gasteiger partial charge >= 0.3 is 5.97 Å². The molecule has 1 aliphatic heterocycles. The van der Waals surface area contributed by atoms with Crippen LogP contribution in [0.4, 0.5) is 0 Å². The van der Waals surface area contributed by atoms with Gasteiger partial charge in [-0.15, -0.1) is 0 Å². The molecule has 1 aliphatic rings. The van der Waals surface area contributed by atoms with Crippen molar-refractivity contribution in [2.75, 3.05) is 19.7 Å². The topological polar surface area (TPSA) is 84.0 Å². The molecule has 0 N–H and O–H groups in total. The van der Waals surface area contributed by atoms with E-state index in [4.69, 9.17) is 16.3 Å². The molecule has 0 radical (unpaired) electrons. The lowest BCUT2D eigenvalue weighted by Crippen LogP contribution is -2.34. The molecule has 1 fully saturated rings. The average Bonchev–Trinajstić information content (AvgIpc) is 3.44. The van der Waals surface area contributed by atoms with E-state index < -0.39 is 22.6 Å². The third-order valence-corrected chi connectivity index (χ3v) is 8.34. The minimum atomic E-state index is -3.82. The van der Waals surface area contributed by atoms with Gasteiger partial charge in [0, 0.05) is 26.2 Å². The highest BCUT2D eigenvalue weighted by Gasteiger charge is 2.30. The molecule has 1 saturated heterocycles. The summed E-state index contributed by atoms with van der Waals surface area (Å²) in [5.74, 6) is -1.16. The van der Waals surface area contributed by atoms with Crippen molar-refractivity contribution in [2.45, 2.75) is 30.8 Å². The summed E-state index contributed by atoms with van der Waals surface area (Å²) in [6.45, 7) is 1.06. The minimum Gasteiger partial charge on any atom is -0.452 e.